The van der Waals surface area contributed by atoms with E-state index in [4.69, 9.17) is 0 Å². The molecule has 2 nitrogen and oxygen atoms in total. The Bertz CT molecular complexity index is 3980. The summed E-state index contributed by atoms with van der Waals surface area (Å²) in [4.78, 5) is 2.39. The number of rotatable bonds is 9. The third-order valence-corrected chi connectivity index (χ3v) is 14.0. The van der Waals surface area contributed by atoms with E-state index in [-0.39, 0.29) is 0 Å². The van der Waals surface area contributed by atoms with E-state index in [1.165, 1.54) is 105 Å². The molecular formula is C68H46N2. The quantitative estimate of drug-likeness (QED) is 0.140. The van der Waals surface area contributed by atoms with Gasteiger partial charge in [0.15, 0.2) is 0 Å². The van der Waals surface area contributed by atoms with Crippen LogP contribution in [0.3, 0.4) is 0 Å². The predicted octanol–water partition coefficient (Wildman–Crippen LogP) is 18.9. The van der Waals surface area contributed by atoms with Gasteiger partial charge in [-0.25, -0.2) is 0 Å². The first kappa shape index (κ1) is 41.0. The number of anilines is 3. The molecule has 0 aliphatic rings. The highest BCUT2D eigenvalue weighted by molar-refractivity contribution is 6.10. The molecule has 0 N–H and O–H groups in total. The van der Waals surface area contributed by atoms with E-state index in [0.29, 0.717) is 0 Å². The molecule has 2 heteroatoms. The van der Waals surface area contributed by atoms with Gasteiger partial charge in [-0.2, -0.15) is 0 Å². The third-order valence-electron chi connectivity index (χ3n) is 14.0. The maximum Gasteiger partial charge on any atom is 0.0541 e. The molecule has 0 saturated carbocycles. The molecule has 0 bridgehead atoms. The van der Waals surface area contributed by atoms with Gasteiger partial charge in [-0.05, 0) is 138 Å². The SMILES string of the molecule is c1ccc(-c2cccc(-c3ccc(N(c4ccc(-c5cccc6cccc(-c7ccccc7)c56)cc4)c4ccc5cc(-c6ccccc6-n6c7ccccc7c7ccccc76)ccc5c4)cc3)c2)cc1. The monoisotopic (exact) mass is 890 g/mol. The van der Waals surface area contributed by atoms with Crippen molar-refractivity contribution in [2.75, 3.05) is 4.90 Å². The molecule has 1 aromatic heterocycles. The highest BCUT2D eigenvalue weighted by atomic mass is 15.1. The standard InChI is InChI=1S/C68H46N2/c1-3-16-47(17-4-1)52-22-13-23-53(44-52)48-34-39-57(40-35-48)69(58-41-36-50(37-42-58)62-28-15-21-51-20-14-27-61(68(51)62)49-18-5-2-6-19-49)59-43-38-54-45-56(33-32-55(54)46-59)60-24-7-10-29-65(60)70-66-30-11-8-25-63(66)64-26-9-12-31-67(64)70/h1-46H. The van der Waals surface area contributed by atoms with Crippen molar-refractivity contribution in [3.63, 3.8) is 0 Å². The van der Waals surface area contributed by atoms with Crippen LogP contribution in [0.15, 0.2) is 279 Å². The van der Waals surface area contributed by atoms with Crippen LogP contribution in [0.2, 0.25) is 0 Å². The van der Waals surface area contributed by atoms with Crippen LogP contribution in [0.1, 0.15) is 0 Å². The second-order valence-electron chi connectivity index (χ2n) is 18.1. The van der Waals surface area contributed by atoms with Gasteiger partial charge in [-0.3, -0.25) is 0 Å². The lowest BCUT2D eigenvalue weighted by Crippen LogP contribution is -2.09. The first-order valence-electron chi connectivity index (χ1n) is 24.1. The number of aromatic nitrogens is 1. The van der Waals surface area contributed by atoms with E-state index >= 15 is 0 Å². The Balaban J connectivity index is 0.903. The normalized spacial score (nSPS) is 11.4. The van der Waals surface area contributed by atoms with Crippen LogP contribution < -0.4 is 4.90 Å². The Morgan fingerprint density at radius 3 is 1.34 bits per heavy atom. The van der Waals surface area contributed by atoms with Crippen molar-refractivity contribution >= 4 is 60.4 Å². The average Bonchev–Trinajstić information content (AvgIpc) is 3.78. The summed E-state index contributed by atoms with van der Waals surface area (Å²) < 4.78 is 2.42. The van der Waals surface area contributed by atoms with Crippen molar-refractivity contribution < 1.29 is 0 Å². The first-order valence-corrected chi connectivity index (χ1v) is 24.1. The summed E-state index contributed by atoms with van der Waals surface area (Å²) >= 11 is 0. The summed E-state index contributed by atoms with van der Waals surface area (Å²) in [7, 11) is 0. The third kappa shape index (κ3) is 7.31. The molecule has 1 heterocycles. The van der Waals surface area contributed by atoms with Gasteiger partial charge >= 0.3 is 0 Å². The Morgan fingerprint density at radius 1 is 0.243 bits per heavy atom. The average molecular weight is 891 g/mol. The van der Waals surface area contributed by atoms with Gasteiger partial charge < -0.3 is 9.47 Å². The fraction of sp³-hybridized carbons (Fsp3) is 0. The summed E-state index contributed by atoms with van der Waals surface area (Å²) in [6.07, 6.45) is 0. The summed E-state index contributed by atoms with van der Waals surface area (Å²) in [5.41, 5.74) is 18.9. The summed E-state index contributed by atoms with van der Waals surface area (Å²) in [6, 6.07) is 102. The molecular weight excluding hydrogens is 845 g/mol. The number of benzene rings is 12. The summed E-state index contributed by atoms with van der Waals surface area (Å²) in [5, 5.41) is 7.38. The van der Waals surface area contributed by atoms with Gasteiger partial charge in [0.05, 0.1) is 16.7 Å². The Hall–Kier alpha value is -9.24. The van der Waals surface area contributed by atoms with Crippen molar-refractivity contribution in [3.05, 3.63) is 279 Å². The molecule has 0 atom stereocenters. The van der Waals surface area contributed by atoms with Crippen molar-refractivity contribution in [2.24, 2.45) is 0 Å². The number of nitrogens with zero attached hydrogens (tertiary/aromatic N) is 2. The van der Waals surface area contributed by atoms with Crippen LogP contribution in [0.5, 0.6) is 0 Å². The minimum absolute atomic E-state index is 1.09. The van der Waals surface area contributed by atoms with Crippen LogP contribution in [-0.2, 0) is 0 Å². The molecule has 70 heavy (non-hydrogen) atoms. The van der Waals surface area contributed by atoms with Crippen LogP contribution in [0.25, 0.3) is 105 Å². The zero-order valence-electron chi connectivity index (χ0n) is 38.5. The van der Waals surface area contributed by atoms with Crippen molar-refractivity contribution in [2.45, 2.75) is 0 Å². The summed E-state index contributed by atoms with van der Waals surface area (Å²) in [5.74, 6) is 0. The predicted molar refractivity (Wildman–Crippen MR) is 298 cm³/mol. The van der Waals surface area contributed by atoms with Gasteiger partial charge in [0, 0.05) is 33.4 Å². The molecule has 328 valence electrons. The minimum atomic E-state index is 1.09. The van der Waals surface area contributed by atoms with Crippen molar-refractivity contribution in [3.8, 4) is 61.3 Å². The lowest BCUT2D eigenvalue weighted by molar-refractivity contribution is 1.18. The van der Waals surface area contributed by atoms with Crippen LogP contribution in [-0.4, -0.2) is 4.57 Å². The van der Waals surface area contributed by atoms with Crippen LogP contribution in [0.4, 0.5) is 17.1 Å². The molecule has 0 fully saturated rings. The molecule has 0 aliphatic heterocycles. The Labute approximate surface area is 408 Å². The minimum Gasteiger partial charge on any atom is -0.310 e. The molecule has 13 aromatic rings. The molecule has 0 saturated heterocycles. The maximum absolute atomic E-state index is 2.42. The molecule has 0 unspecified atom stereocenters. The zero-order valence-corrected chi connectivity index (χ0v) is 38.5. The van der Waals surface area contributed by atoms with Gasteiger partial charge in [-0.1, -0.05) is 212 Å². The van der Waals surface area contributed by atoms with Gasteiger partial charge in [0.1, 0.15) is 0 Å². The number of fused-ring (bicyclic) bond motifs is 5. The smallest absolute Gasteiger partial charge is 0.0541 e. The van der Waals surface area contributed by atoms with Crippen molar-refractivity contribution in [1.82, 2.24) is 4.57 Å². The second-order valence-corrected chi connectivity index (χ2v) is 18.1. The van der Waals surface area contributed by atoms with E-state index in [1.807, 2.05) is 0 Å². The van der Waals surface area contributed by atoms with Crippen LogP contribution >= 0.6 is 0 Å². The fourth-order valence-corrected chi connectivity index (χ4v) is 10.6. The van der Waals surface area contributed by atoms with Gasteiger partial charge in [0.25, 0.3) is 0 Å². The number of hydrogen-bond acceptors (Lipinski definition) is 1. The molecule has 13 rings (SSSR count). The van der Waals surface area contributed by atoms with Gasteiger partial charge in [-0.15, -0.1) is 0 Å². The van der Waals surface area contributed by atoms with E-state index in [2.05, 4.69) is 289 Å². The fourth-order valence-electron chi connectivity index (χ4n) is 10.6. The largest absolute Gasteiger partial charge is 0.310 e. The second kappa shape index (κ2) is 17.4. The van der Waals surface area contributed by atoms with E-state index in [1.54, 1.807) is 0 Å². The maximum atomic E-state index is 2.42. The molecule has 0 aliphatic carbocycles. The highest BCUT2D eigenvalue weighted by Gasteiger charge is 2.18. The van der Waals surface area contributed by atoms with E-state index in [0.717, 1.165) is 17.1 Å². The lowest BCUT2D eigenvalue weighted by Gasteiger charge is -2.26. The molecule has 0 radical (unpaired) electrons. The number of para-hydroxylation sites is 3. The van der Waals surface area contributed by atoms with E-state index < -0.39 is 0 Å². The topological polar surface area (TPSA) is 8.17 Å². The highest BCUT2D eigenvalue weighted by Crippen LogP contribution is 2.42. The molecule has 0 spiro atoms. The Morgan fingerprint density at radius 2 is 0.686 bits per heavy atom. The number of hydrogen-bond donors (Lipinski definition) is 0. The summed E-state index contributed by atoms with van der Waals surface area (Å²) in [6.45, 7) is 0. The zero-order chi connectivity index (χ0) is 46.4. The van der Waals surface area contributed by atoms with E-state index in [9.17, 15) is 0 Å². The Kier molecular flexibility index (Phi) is 10.2. The molecule has 12 aromatic carbocycles. The lowest BCUT2D eigenvalue weighted by atomic mass is 9.91. The van der Waals surface area contributed by atoms with Gasteiger partial charge in [0.2, 0.25) is 0 Å². The van der Waals surface area contributed by atoms with Crippen LogP contribution in [0, 0.1) is 0 Å². The van der Waals surface area contributed by atoms with Crippen molar-refractivity contribution in [1.29, 1.82) is 0 Å². The molecule has 0 amide bonds. The first-order chi connectivity index (χ1) is 34.7.